The number of nitrogens with zero attached hydrogens (tertiary/aromatic N) is 2. The van der Waals surface area contributed by atoms with Crippen LogP contribution in [-0.4, -0.2) is 42.7 Å². The van der Waals surface area contributed by atoms with Crippen molar-refractivity contribution in [3.63, 3.8) is 0 Å². The fourth-order valence-electron chi connectivity index (χ4n) is 2.22. The molecular formula is C14H16ClN3O5. The number of nitro benzene ring substituents is 1. The Hall–Kier alpha value is -2.16. The van der Waals surface area contributed by atoms with Crippen molar-refractivity contribution in [3.05, 3.63) is 44.6 Å². The Balaban J connectivity index is 2.64. The first-order chi connectivity index (χ1) is 10.9. The van der Waals surface area contributed by atoms with Crippen LogP contribution >= 0.6 is 11.6 Å². The topological polar surface area (TPSA) is 93.9 Å². The summed E-state index contributed by atoms with van der Waals surface area (Å²) in [6, 6.07) is 4.24. The van der Waals surface area contributed by atoms with Crippen molar-refractivity contribution in [3.8, 4) is 0 Å². The molecule has 0 radical (unpaired) electrons. The molecule has 1 aliphatic heterocycles. The van der Waals surface area contributed by atoms with Gasteiger partial charge in [0.1, 0.15) is 0 Å². The molecule has 2 rings (SSSR count). The normalized spacial score (nSPS) is 17.3. The fraction of sp³-hybridized carbons (Fsp3) is 0.357. The van der Waals surface area contributed by atoms with Crippen LogP contribution in [0.2, 0.25) is 5.02 Å². The van der Waals surface area contributed by atoms with Crippen molar-refractivity contribution in [1.29, 1.82) is 0 Å². The molecule has 0 saturated carbocycles. The Morgan fingerprint density at radius 1 is 1.52 bits per heavy atom. The third-order valence-corrected chi connectivity index (χ3v) is 3.42. The maximum absolute atomic E-state index is 12.1. The number of halogens is 1. The molecule has 0 spiro atoms. The van der Waals surface area contributed by atoms with Gasteiger partial charge in [0.25, 0.3) is 5.69 Å². The predicted molar refractivity (Wildman–Crippen MR) is 83.4 cm³/mol. The molecule has 0 saturated heterocycles. The largest absolute Gasteiger partial charge is 0.461 e. The van der Waals surface area contributed by atoms with Crippen molar-refractivity contribution < 1.29 is 19.3 Å². The summed E-state index contributed by atoms with van der Waals surface area (Å²) in [7, 11) is 3.45. The molecule has 1 aromatic rings. The Bertz CT molecular complexity index is 674. The number of hydrogen-bond acceptors (Lipinski definition) is 7. The van der Waals surface area contributed by atoms with Crippen molar-refractivity contribution >= 4 is 28.8 Å². The van der Waals surface area contributed by atoms with E-state index in [-0.39, 0.29) is 28.6 Å². The maximum atomic E-state index is 12.1. The maximum Gasteiger partial charge on any atom is 0.357 e. The quantitative estimate of drug-likeness (QED) is 0.497. The zero-order valence-electron chi connectivity index (χ0n) is 12.8. The van der Waals surface area contributed by atoms with Crippen molar-refractivity contribution in [2.75, 3.05) is 20.7 Å². The van der Waals surface area contributed by atoms with E-state index in [2.05, 4.69) is 5.48 Å². The number of carbonyl (C=O) groups excluding carboxylic acids is 1. The van der Waals surface area contributed by atoms with Crippen LogP contribution in [0, 0.1) is 10.1 Å². The van der Waals surface area contributed by atoms with Gasteiger partial charge in [-0.2, -0.15) is 0 Å². The lowest BCUT2D eigenvalue weighted by molar-refractivity contribution is -0.385. The number of nitrogens with one attached hydrogen (secondary N) is 1. The Kier molecular flexibility index (Phi) is 5.19. The van der Waals surface area contributed by atoms with Crippen LogP contribution in [0.15, 0.2) is 23.9 Å². The molecule has 1 heterocycles. The van der Waals surface area contributed by atoms with Gasteiger partial charge in [-0.3, -0.25) is 25.3 Å². The summed E-state index contributed by atoms with van der Waals surface area (Å²) < 4.78 is 4.98. The van der Waals surface area contributed by atoms with Gasteiger partial charge in [0.15, 0.2) is 11.9 Å². The molecular weight excluding hydrogens is 326 g/mol. The van der Waals surface area contributed by atoms with Gasteiger partial charge in [0.05, 0.1) is 17.1 Å². The Labute approximate surface area is 137 Å². The number of hydroxylamine groups is 1. The molecule has 23 heavy (non-hydrogen) atoms. The lowest BCUT2D eigenvalue weighted by Crippen LogP contribution is -2.30. The molecule has 0 aliphatic carbocycles. The highest BCUT2D eigenvalue weighted by Crippen LogP contribution is 2.36. The first-order valence-electron chi connectivity index (χ1n) is 6.80. The molecule has 1 atom stereocenters. The highest BCUT2D eigenvalue weighted by atomic mass is 35.5. The number of ether oxygens (including phenoxy) is 1. The number of carbonyl (C=O) groups is 1. The third kappa shape index (κ3) is 3.44. The Morgan fingerprint density at radius 3 is 2.78 bits per heavy atom. The highest BCUT2D eigenvalue weighted by Gasteiger charge is 2.37. The molecule has 1 aromatic carbocycles. The van der Waals surface area contributed by atoms with E-state index in [0.717, 1.165) is 0 Å². The molecule has 124 valence electrons. The number of rotatable bonds is 5. The summed E-state index contributed by atoms with van der Waals surface area (Å²) in [5.41, 5.74) is 2.91. The molecule has 1 aliphatic rings. The first-order valence-corrected chi connectivity index (χ1v) is 7.18. The molecule has 0 bridgehead atoms. The highest BCUT2D eigenvalue weighted by molar-refractivity contribution is 6.30. The average molecular weight is 342 g/mol. The SMILES string of the molecule is CCOC(=O)C1=C(c2ccc(Cl)cc2[N+](=O)[O-])C(N(C)C)ON1. The van der Waals surface area contributed by atoms with Gasteiger partial charge in [0.2, 0.25) is 0 Å². The van der Waals surface area contributed by atoms with Crippen LogP contribution < -0.4 is 5.48 Å². The van der Waals surface area contributed by atoms with Crippen LogP contribution in [0.25, 0.3) is 5.57 Å². The second-order valence-electron chi connectivity index (χ2n) is 4.96. The summed E-state index contributed by atoms with van der Waals surface area (Å²) in [6.45, 7) is 1.84. The van der Waals surface area contributed by atoms with Gasteiger partial charge in [-0.15, -0.1) is 0 Å². The number of likely N-dealkylation sites (N-methyl/N-ethyl adjacent to an activating group) is 1. The number of nitro groups is 1. The van der Waals surface area contributed by atoms with Crippen molar-refractivity contribution in [1.82, 2.24) is 10.4 Å². The minimum absolute atomic E-state index is 0.0379. The van der Waals surface area contributed by atoms with Gasteiger partial charge >= 0.3 is 5.97 Å². The number of esters is 1. The van der Waals surface area contributed by atoms with E-state index in [1.807, 2.05) is 0 Å². The van der Waals surface area contributed by atoms with E-state index in [0.29, 0.717) is 5.57 Å². The summed E-state index contributed by atoms with van der Waals surface area (Å²) in [5.74, 6) is -0.643. The summed E-state index contributed by atoms with van der Waals surface area (Å²) in [4.78, 5) is 29.9. The van der Waals surface area contributed by atoms with E-state index in [4.69, 9.17) is 21.2 Å². The van der Waals surface area contributed by atoms with Crippen LogP contribution in [0.1, 0.15) is 12.5 Å². The Morgan fingerprint density at radius 2 is 2.22 bits per heavy atom. The third-order valence-electron chi connectivity index (χ3n) is 3.18. The molecule has 8 nitrogen and oxygen atoms in total. The van der Waals surface area contributed by atoms with Gasteiger partial charge in [0, 0.05) is 16.7 Å². The molecule has 1 N–H and O–H groups in total. The summed E-state index contributed by atoms with van der Waals surface area (Å²) >= 11 is 5.85. The summed E-state index contributed by atoms with van der Waals surface area (Å²) in [5, 5.41) is 11.6. The van der Waals surface area contributed by atoms with Gasteiger partial charge in [-0.1, -0.05) is 11.6 Å². The zero-order valence-corrected chi connectivity index (χ0v) is 13.6. The summed E-state index contributed by atoms with van der Waals surface area (Å²) in [6.07, 6.45) is -0.686. The van der Waals surface area contributed by atoms with E-state index in [1.165, 1.54) is 18.2 Å². The van der Waals surface area contributed by atoms with Crippen LogP contribution in [-0.2, 0) is 14.4 Å². The minimum Gasteiger partial charge on any atom is -0.461 e. The monoisotopic (exact) mass is 341 g/mol. The zero-order chi connectivity index (χ0) is 17.1. The number of benzene rings is 1. The van der Waals surface area contributed by atoms with E-state index in [1.54, 1.807) is 25.9 Å². The van der Waals surface area contributed by atoms with Crippen molar-refractivity contribution in [2.24, 2.45) is 0 Å². The average Bonchev–Trinajstić information content (AvgIpc) is 2.92. The molecule has 0 amide bonds. The minimum atomic E-state index is -0.686. The second-order valence-corrected chi connectivity index (χ2v) is 5.40. The van der Waals surface area contributed by atoms with Crippen LogP contribution in [0.5, 0.6) is 0 Å². The van der Waals surface area contributed by atoms with Crippen LogP contribution in [0.3, 0.4) is 0 Å². The van der Waals surface area contributed by atoms with Gasteiger partial charge in [-0.05, 0) is 33.2 Å². The van der Waals surface area contributed by atoms with E-state index in [9.17, 15) is 14.9 Å². The second kappa shape index (κ2) is 6.95. The van der Waals surface area contributed by atoms with E-state index < -0.39 is 17.1 Å². The number of hydrogen-bond donors (Lipinski definition) is 1. The smallest absolute Gasteiger partial charge is 0.357 e. The molecule has 1 unspecified atom stereocenters. The lowest BCUT2D eigenvalue weighted by atomic mass is 10.00. The van der Waals surface area contributed by atoms with Gasteiger partial charge in [-0.25, -0.2) is 4.79 Å². The van der Waals surface area contributed by atoms with E-state index >= 15 is 0 Å². The molecule has 0 fully saturated rings. The van der Waals surface area contributed by atoms with Crippen LogP contribution in [0.4, 0.5) is 5.69 Å². The predicted octanol–water partition coefficient (Wildman–Crippen LogP) is 1.94. The molecule has 9 heteroatoms. The fourth-order valence-corrected chi connectivity index (χ4v) is 2.39. The lowest BCUT2D eigenvalue weighted by Gasteiger charge is -2.20. The molecule has 0 aromatic heterocycles. The van der Waals surface area contributed by atoms with Crippen molar-refractivity contribution in [2.45, 2.75) is 13.2 Å². The standard InChI is InChI=1S/C14H16ClN3O5/c1-4-22-14(19)12-11(13(17(2)3)23-16-12)9-6-5-8(15)7-10(9)18(20)21/h5-7,13,16H,4H2,1-3H3. The van der Waals surface area contributed by atoms with Gasteiger partial charge < -0.3 is 4.74 Å². The first kappa shape index (κ1) is 17.2.